The smallest absolute Gasteiger partial charge is 0.335 e. The van der Waals surface area contributed by atoms with E-state index in [0.29, 0.717) is 25.6 Å². The third-order valence-electron chi connectivity index (χ3n) is 2.93. The summed E-state index contributed by atoms with van der Waals surface area (Å²) in [5.41, 5.74) is 0.252. The lowest BCUT2D eigenvalue weighted by atomic mass is 10.2. The largest absolute Gasteiger partial charge is 0.491 e. The van der Waals surface area contributed by atoms with Gasteiger partial charge in [-0.25, -0.2) is 4.79 Å². The maximum absolute atomic E-state index is 10.7. The maximum Gasteiger partial charge on any atom is 0.335 e. The van der Waals surface area contributed by atoms with Crippen LogP contribution < -0.4 is 4.74 Å². The van der Waals surface area contributed by atoms with Crippen LogP contribution in [0.4, 0.5) is 0 Å². The first kappa shape index (κ1) is 13.8. The van der Waals surface area contributed by atoms with Gasteiger partial charge in [0.1, 0.15) is 12.4 Å². The molecule has 1 aromatic carbocycles. The van der Waals surface area contributed by atoms with Gasteiger partial charge in [-0.05, 0) is 37.1 Å². The second-order valence-electron chi connectivity index (χ2n) is 4.39. The average molecular weight is 266 g/mol. The van der Waals surface area contributed by atoms with Crippen LogP contribution in [0.5, 0.6) is 5.75 Å². The highest BCUT2D eigenvalue weighted by Crippen LogP contribution is 2.13. The van der Waals surface area contributed by atoms with Crippen LogP contribution in [0, 0.1) is 0 Å². The molecule has 1 heterocycles. The van der Waals surface area contributed by atoms with E-state index < -0.39 is 5.97 Å². The highest BCUT2D eigenvalue weighted by atomic mass is 16.5. The monoisotopic (exact) mass is 266 g/mol. The molecule has 1 atom stereocenters. The summed E-state index contributed by atoms with van der Waals surface area (Å²) in [4.78, 5) is 10.7. The van der Waals surface area contributed by atoms with Crippen molar-refractivity contribution in [2.45, 2.75) is 18.9 Å². The Kier molecular flexibility index (Phi) is 5.18. The normalized spacial score (nSPS) is 18.4. The van der Waals surface area contributed by atoms with Gasteiger partial charge in [0.2, 0.25) is 0 Å². The Hall–Kier alpha value is -1.59. The maximum atomic E-state index is 10.7. The second-order valence-corrected chi connectivity index (χ2v) is 4.39. The van der Waals surface area contributed by atoms with Gasteiger partial charge in [-0.15, -0.1) is 0 Å². The quantitative estimate of drug-likeness (QED) is 0.764. The van der Waals surface area contributed by atoms with Crippen LogP contribution in [0.3, 0.4) is 0 Å². The number of carboxylic acids is 1. The van der Waals surface area contributed by atoms with Crippen LogP contribution in [0.15, 0.2) is 24.3 Å². The molecule has 19 heavy (non-hydrogen) atoms. The molecular formula is C14H18O5. The molecule has 0 aliphatic carbocycles. The SMILES string of the molecule is O=C(O)c1ccc(OCCOCC2CCCO2)cc1. The number of carboxylic acid groups (broad SMARTS) is 1. The zero-order chi connectivity index (χ0) is 13.5. The molecule has 1 N–H and O–H groups in total. The van der Waals surface area contributed by atoms with Crippen LogP contribution in [0.2, 0.25) is 0 Å². The molecule has 1 saturated heterocycles. The van der Waals surface area contributed by atoms with Crippen molar-refractivity contribution in [1.29, 1.82) is 0 Å². The van der Waals surface area contributed by atoms with Crippen LogP contribution in [-0.4, -0.2) is 43.6 Å². The number of carbonyl (C=O) groups is 1. The third kappa shape index (κ3) is 4.54. The van der Waals surface area contributed by atoms with Crippen LogP contribution in [0.25, 0.3) is 0 Å². The van der Waals surface area contributed by atoms with Crippen molar-refractivity contribution < 1.29 is 24.1 Å². The number of hydrogen-bond acceptors (Lipinski definition) is 4. The lowest BCUT2D eigenvalue weighted by Crippen LogP contribution is -2.17. The Morgan fingerprint density at radius 1 is 1.32 bits per heavy atom. The molecule has 1 aliphatic rings. The average Bonchev–Trinajstić information content (AvgIpc) is 2.92. The van der Waals surface area contributed by atoms with E-state index >= 15 is 0 Å². The van der Waals surface area contributed by atoms with Gasteiger partial charge in [-0.2, -0.15) is 0 Å². The van der Waals surface area contributed by atoms with Crippen LogP contribution >= 0.6 is 0 Å². The Morgan fingerprint density at radius 2 is 2.11 bits per heavy atom. The first-order valence-corrected chi connectivity index (χ1v) is 6.41. The first-order valence-electron chi connectivity index (χ1n) is 6.41. The molecule has 0 spiro atoms. The highest BCUT2D eigenvalue weighted by molar-refractivity contribution is 5.87. The van der Waals surface area contributed by atoms with E-state index in [1.165, 1.54) is 12.1 Å². The number of benzene rings is 1. The summed E-state index contributed by atoms with van der Waals surface area (Å²) in [6.07, 6.45) is 2.41. The fraction of sp³-hybridized carbons (Fsp3) is 0.500. The zero-order valence-electron chi connectivity index (χ0n) is 10.7. The van der Waals surface area contributed by atoms with Gasteiger partial charge < -0.3 is 19.3 Å². The Morgan fingerprint density at radius 3 is 2.74 bits per heavy atom. The molecule has 1 aromatic rings. The molecule has 0 aromatic heterocycles. The summed E-state index contributed by atoms with van der Waals surface area (Å²) in [6.45, 7) is 2.39. The Bertz CT molecular complexity index is 395. The van der Waals surface area contributed by atoms with E-state index in [-0.39, 0.29) is 11.7 Å². The van der Waals surface area contributed by atoms with Crippen LogP contribution in [0.1, 0.15) is 23.2 Å². The van der Waals surface area contributed by atoms with E-state index in [1.54, 1.807) is 12.1 Å². The summed E-state index contributed by atoms with van der Waals surface area (Å²) in [5.74, 6) is -0.294. The van der Waals surface area contributed by atoms with Gasteiger partial charge in [0, 0.05) is 6.61 Å². The first-order chi connectivity index (χ1) is 9.25. The van der Waals surface area contributed by atoms with Crippen molar-refractivity contribution in [2.75, 3.05) is 26.4 Å². The molecule has 1 fully saturated rings. The predicted octanol–water partition coefficient (Wildman–Crippen LogP) is 1.96. The lowest BCUT2D eigenvalue weighted by molar-refractivity contribution is 0.00853. The molecule has 0 radical (unpaired) electrons. The van der Waals surface area contributed by atoms with Crippen molar-refractivity contribution in [2.24, 2.45) is 0 Å². The summed E-state index contributed by atoms with van der Waals surface area (Å²) < 4.78 is 16.3. The van der Waals surface area contributed by atoms with E-state index in [0.717, 1.165) is 19.4 Å². The van der Waals surface area contributed by atoms with Gasteiger partial charge in [0.05, 0.1) is 24.9 Å². The summed E-state index contributed by atoms with van der Waals surface area (Å²) in [7, 11) is 0. The zero-order valence-corrected chi connectivity index (χ0v) is 10.7. The topological polar surface area (TPSA) is 65.0 Å². The minimum absolute atomic E-state index is 0.231. The summed E-state index contributed by atoms with van der Waals surface area (Å²) in [6, 6.07) is 6.32. The van der Waals surface area contributed by atoms with Crippen LogP contribution in [-0.2, 0) is 9.47 Å². The van der Waals surface area contributed by atoms with Crippen molar-refractivity contribution in [1.82, 2.24) is 0 Å². The molecule has 104 valence electrons. The Balaban J connectivity index is 1.61. The fourth-order valence-corrected chi connectivity index (χ4v) is 1.90. The van der Waals surface area contributed by atoms with Crippen molar-refractivity contribution in [3.8, 4) is 5.75 Å². The standard InChI is InChI=1S/C14H18O5/c15-14(16)11-3-5-12(6-4-11)19-9-8-17-10-13-2-1-7-18-13/h3-6,13H,1-2,7-10H2,(H,15,16). The van der Waals surface area contributed by atoms with Gasteiger partial charge in [0.15, 0.2) is 0 Å². The van der Waals surface area contributed by atoms with Gasteiger partial charge in [0.25, 0.3) is 0 Å². The van der Waals surface area contributed by atoms with Crippen molar-refractivity contribution in [3.05, 3.63) is 29.8 Å². The molecule has 0 bridgehead atoms. The lowest BCUT2D eigenvalue weighted by Gasteiger charge is -2.10. The number of hydrogen-bond donors (Lipinski definition) is 1. The van der Waals surface area contributed by atoms with Crippen molar-refractivity contribution >= 4 is 5.97 Å². The molecule has 1 aliphatic heterocycles. The second kappa shape index (κ2) is 7.11. The van der Waals surface area contributed by atoms with Gasteiger partial charge in [-0.1, -0.05) is 0 Å². The predicted molar refractivity (Wildman–Crippen MR) is 68.7 cm³/mol. The molecular weight excluding hydrogens is 248 g/mol. The van der Waals surface area contributed by atoms with Gasteiger partial charge >= 0.3 is 5.97 Å². The minimum Gasteiger partial charge on any atom is -0.491 e. The van der Waals surface area contributed by atoms with E-state index in [4.69, 9.17) is 19.3 Å². The number of ether oxygens (including phenoxy) is 3. The summed E-state index contributed by atoms with van der Waals surface area (Å²) in [5, 5.41) is 8.75. The van der Waals surface area contributed by atoms with E-state index in [9.17, 15) is 4.79 Å². The molecule has 5 nitrogen and oxygen atoms in total. The van der Waals surface area contributed by atoms with Crippen molar-refractivity contribution in [3.63, 3.8) is 0 Å². The van der Waals surface area contributed by atoms with E-state index in [2.05, 4.69) is 0 Å². The molecule has 5 heteroatoms. The van der Waals surface area contributed by atoms with Gasteiger partial charge in [-0.3, -0.25) is 0 Å². The third-order valence-corrected chi connectivity index (χ3v) is 2.93. The molecule has 0 saturated carbocycles. The summed E-state index contributed by atoms with van der Waals surface area (Å²) >= 11 is 0. The molecule has 0 amide bonds. The van der Waals surface area contributed by atoms with E-state index in [1.807, 2.05) is 0 Å². The number of aromatic carboxylic acids is 1. The highest BCUT2D eigenvalue weighted by Gasteiger charge is 2.14. The number of rotatable bonds is 7. The molecule has 1 unspecified atom stereocenters. The Labute approximate surface area is 112 Å². The molecule has 2 rings (SSSR count). The minimum atomic E-state index is -0.938. The fourth-order valence-electron chi connectivity index (χ4n) is 1.90.